The monoisotopic (exact) mass is 484 g/mol. The van der Waals surface area contributed by atoms with E-state index in [1.165, 1.54) is 16.8 Å². The number of alkyl halides is 3. The number of imidazole rings is 1. The number of hydrogen-bond donors (Lipinski definition) is 0. The highest BCUT2D eigenvalue weighted by molar-refractivity contribution is 5.58. The van der Waals surface area contributed by atoms with Crippen molar-refractivity contribution in [3.05, 3.63) is 76.1 Å². The number of pyridine rings is 1. The van der Waals surface area contributed by atoms with Crippen molar-refractivity contribution in [2.24, 2.45) is 16.1 Å². The highest BCUT2D eigenvalue weighted by Crippen LogP contribution is 2.34. The molecular formula is C25H27F3N6O+. The lowest BCUT2D eigenvalue weighted by Crippen LogP contribution is -2.34. The van der Waals surface area contributed by atoms with Crippen LogP contribution < -0.4 is 5.69 Å². The largest absolute Gasteiger partial charge is 0.418 e. The number of rotatable bonds is 5. The second-order valence-corrected chi connectivity index (χ2v) is 9.48. The number of nitrogens with zero attached hydrogens (tertiary/aromatic N) is 6. The summed E-state index contributed by atoms with van der Waals surface area (Å²) in [5, 5.41) is 7.95. The van der Waals surface area contributed by atoms with Crippen LogP contribution in [0.25, 0.3) is 11.2 Å². The first-order chi connectivity index (χ1) is 16.7. The van der Waals surface area contributed by atoms with Crippen molar-refractivity contribution in [2.75, 3.05) is 20.1 Å². The molecule has 2 aliphatic heterocycles. The maximum absolute atomic E-state index is 14.0. The Balaban J connectivity index is 1.53. The van der Waals surface area contributed by atoms with Gasteiger partial charge < -0.3 is 0 Å². The number of aromatic nitrogens is 2. The summed E-state index contributed by atoms with van der Waals surface area (Å²) in [6.45, 7) is 4.22. The number of piperidine rings is 1. The van der Waals surface area contributed by atoms with Crippen LogP contribution in [0.5, 0.6) is 0 Å². The van der Waals surface area contributed by atoms with E-state index in [2.05, 4.69) is 22.1 Å². The number of hydrogen-bond acceptors (Lipinski definition) is 4. The van der Waals surface area contributed by atoms with Gasteiger partial charge in [0.2, 0.25) is 0 Å². The quantitative estimate of drug-likeness (QED) is 0.501. The fourth-order valence-corrected chi connectivity index (χ4v) is 4.90. The number of azo groups is 1. The summed E-state index contributed by atoms with van der Waals surface area (Å²) >= 11 is 0. The maximum Gasteiger partial charge on any atom is 0.418 e. The van der Waals surface area contributed by atoms with Crippen molar-refractivity contribution in [1.29, 1.82) is 0 Å². The van der Waals surface area contributed by atoms with Gasteiger partial charge in [0.05, 0.1) is 28.9 Å². The summed E-state index contributed by atoms with van der Waals surface area (Å²) in [7, 11) is 1.84. The normalized spacial score (nSPS) is 19.6. The van der Waals surface area contributed by atoms with E-state index in [9.17, 15) is 18.0 Å². The first-order valence-corrected chi connectivity index (χ1v) is 11.7. The van der Waals surface area contributed by atoms with Crippen molar-refractivity contribution in [3.63, 3.8) is 0 Å². The van der Waals surface area contributed by atoms with E-state index in [0.717, 1.165) is 42.1 Å². The molecule has 1 aromatic carbocycles. The third kappa shape index (κ3) is 4.80. The van der Waals surface area contributed by atoms with E-state index < -0.39 is 17.4 Å². The predicted octanol–water partition coefficient (Wildman–Crippen LogP) is 4.51. The predicted molar refractivity (Wildman–Crippen MR) is 126 cm³/mol. The SMILES string of the molecule is C[C@H]1CCCN(Cc2cc(C(F)(F)F)c3cn(-c4cccc(C[C]5N=NC=[N+]5C)c4)c(=O)n3c2)C1. The second kappa shape index (κ2) is 9.07. The molecular weight excluding hydrogens is 457 g/mol. The molecule has 35 heavy (non-hydrogen) atoms. The molecule has 2 aliphatic rings. The summed E-state index contributed by atoms with van der Waals surface area (Å²) in [4.78, 5) is 15.5. The van der Waals surface area contributed by atoms with E-state index in [4.69, 9.17) is 0 Å². The van der Waals surface area contributed by atoms with Gasteiger partial charge in [-0.15, -0.1) is 0 Å². The Kier molecular flexibility index (Phi) is 6.08. The second-order valence-electron chi connectivity index (χ2n) is 9.48. The standard InChI is InChI=1S/C25H27F3N6O/c1-17-5-4-8-32(12-17)13-19-10-21(25(26,27)28)22-15-33(24(35)34(22)14-19)20-7-3-6-18(9-20)11-23-30-29-16-31(23)2/h3,6-7,9-10,14-17H,4-5,8,11-13H2,1-2H3/q+1/t17-/m0/s1. The Hall–Kier alpha value is -3.27. The van der Waals surface area contributed by atoms with Crippen LogP contribution in [0.15, 0.2) is 57.7 Å². The van der Waals surface area contributed by atoms with Gasteiger partial charge in [0.15, 0.2) is 0 Å². The zero-order valence-corrected chi connectivity index (χ0v) is 19.7. The molecule has 1 radical (unpaired) electrons. The van der Waals surface area contributed by atoms with Gasteiger partial charge >= 0.3 is 24.4 Å². The molecule has 5 rings (SSSR count). The molecule has 7 nitrogen and oxygen atoms in total. The van der Waals surface area contributed by atoms with E-state index >= 15 is 0 Å². The minimum absolute atomic E-state index is 0.156. The fraction of sp³-hybridized carbons (Fsp3) is 0.400. The molecule has 3 aromatic rings. The highest BCUT2D eigenvalue weighted by Gasteiger charge is 2.35. The molecule has 0 unspecified atom stereocenters. The van der Waals surface area contributed by atoms with E-state index in [1.54, 1.807) is 35.3 Å². The van der Waals surface area contributed by atoms with E-state index in [1.807, 2.05) is 13.1 Å². The van der Waals surface area contributed by atoms with Crippen molar-refractivity contribution in [2.45, 2.75) is 38.9 Å². The molecule has 1 saturated heterocycles. The minimum Gasteiger partial charge on any atom is -0.299 e. The Bertz CT molecular complexity index is 1370. The van der Waals surface area contributed by atoms with Crippen LogP contribution in [0.4, 0.5) is 13.2 Å². The molecule has 0 N–H and O–H groups in total. The maximum atomic E-state index is 14.0. The molecule has 4 heterocycles. The Morgan fingerprint density at radius 1 is 1.17 bits per heavy atom. The molecule has 183 valence electrons. The van der Waals surface area contributed by atoms with Crippen molar-refractivity contribution >= 4 is 11.9 Å². The van der Waals surface area contributed by atoms with E-state index in [-0.39, 0.29) is 5.52 Å². The third-order valence-electron chi connectivity index (χ3n) is 6.63. The lowest BCUT2D eigenvalue weighted by molar-refractivity contribution is -0.474. The zero-order valence-electron chi connectivity index (χ0n) is 19.7. The van der Waals surface area contributed by atoms with Crippen LogP contribution in [0.1, 0.15) is 36.5 Å². The Morgan fingerprint density at radius 3 is 2.71 bits per heavy atom. The number of halogens is 3. The molecule has 0 spiro atoms. The molecule has 2 aromatic heterocycles. The lowest BCUT2D eigenvalue weighted by Gasteiger charge is -2.31. The number of fused-ring (bicyclic) bond motifs is 1. The zero-order chi connectivity index (χ0) is 24.7. The molecule has 10 heteroatoms. The minimum atomic E-state index is -4.58. The summed E-state index contributed by atoms with van der Waals surface area (Å²) in [6.07, 6.45) is 3.22. The number of benzene rings is 1. The Labute approximate surface area is 200 Å². The number of likely N-dealkylation sites (N-methyl/N-ethyl adjacent to an activating group) is 1. The summed E-state index contributed by atoms with van der Waals surface area (Å²) < 4.78 is 46.3. The van der Waals surface area contributed by atoms with Gasteiger partial charge in [-0.2, -0.15) is 13.2 Å². The smallest absolute Gasteiger partial charge is 0.299 e. The first-order valence-electron chi connectivity index (χ1n) is 11.7. The van der Waals surface area contributed by atoms with Gasteiger partial charge in [0.25, 0.3) is 0 Å². The average molecular weight is 485 g/mol. The molecule has 1 atom stereocenters. The summed E-state index contributed by atoms with van der Waals surface area (Å²) in [5.41, 5.74) is 0.364. The molecule has 0 bridgehead atoms. The highest BCUT2D eigenvalue weighted by atomic mass is 19.4. The van der Waals surface area contributed by atoms with Crippen LogP contribution in [-0.4, -0.2) is 44.9 Å². The van der Waals surface area contributed by atoms with Gasteiger partial charge in [-0.1, -0.05) is 19.1 Å². The number of likely N-dealkylation sites (tertiary alicyclic amines) is 1. The van der Waals surface area contributed by atoms with Crippen LogP contribution in [0.3, 0.4) is 0 Å². The molecule has 0 saturated carbocycles. The topological polar surface area (TPSA) is 57.4 Å². The van der Waals surface area contributed by atoms with Crippen molar-refractivity contribution in [3.8, 4) is 5.69 Å². The van der Waals surface area contributed by atoms with Crippen LogP contribution in [0.2, 0.25) is 0 Å². The van der Waals surface area contributed by atoms with Crippen LogP contribution in [0, 0.1) is 12.1 Å². The van der Waals surface area contributed by atoms with Crippen LogP contribution in [-0.2, 0) is 19.1 Å². The van der Waals surface area contributed by atoms with Gasteiger partial charge in [-0.25, -0.2) is 9.37 Å². The van der Waals surface area contributed by atoms with Gasteiger partial charge in [-0.05, 0) is 59.7 Å². The van der Waals surface area contributed by atoms with Gasteiger partial charge in [0.1, 0.15) is 0 Å². The summed E-state index contributed by atoms with van der Waals surface area (Å²) in [5.74, 6) is 0.507. The van der Waals surface area contributed by atoms with Crippen molar-refractivity contribution < 1.29 is 17.7 Å². The van der Waals surface area contributed by atoms with E-state index in [0.29, 0.717) is 30.1 Å². The molecule has 0 aliphatic carbocycles. The van der Waals surface area contributed by atoms with Crippen LogP contribution >= 0.6 is 0 Å². The van der Waals surface area contributed by atoms with Crippen molar-refractivity contribution in [1.82, 2.24) is 13.9 Å². The lowest BCUT2D eigenvalue weighted by atomic mass is 10.00. The fourth-order valence-electron chi connectivity index (χ4n) is 4.90. The molecule has 0 amide bonds. The van der Waals surface area contributed by atoms with Gasteiger partial charge in [0, 0.05) is 31.9 Å². The van der Waals surface area contributed by atoms with Gasteiger partial charge in [-0.3, -0.25) is 13.9 Å². The Morgan fingerprint density at radius 2 is 2.00 bits per heavy atom. The molecule has 1 fully saturated rings. The first kappa shape index (κ1) is 23.5. The summed E-state index contributed by atoms with van der Waals surface area (Å²) in [6, 6.07) is 8.35. The average Bonchev–Trinajstić information content (AvgIpc) is 3.36. The third-order valence-corrected chi connectivity index (χ3v) is 6.63.